The topological polar surface area (TPSA) is 54.0 Å². The first-order valence-corrected chi connectivity index (χ1v) is 8.84. The predicted octanol–water partition coefficient (Wildman–Crippen LogP) is 4.52. The van der Waals surface area contributed by atoms with E-state index in [0.717, 1.165) is 16.9 Å². The average molecular weight is 391 g/mol. The van der Waals surface area contributed by atoms with Gasteiger partial charge in [-0.3, -0.25) is 0 Å². The highest BCUT2D eigenvalue weighted by atomic mass is 35.5. The highest BCUT2D eigenvalue weighted by molar-refractivity contribution is 6.30. The summed E-state index contributed by atoms with van der Waals surface area (Å²) in [5.41, 5.74) is 1.99. The summed E-state index contributed by atoms with van der Waals surface area (Å²) in [7, 11) is 2.98. The van der Waals surface area contributed by atoms with Gasteiger partial charge in [0.1, 0.15) is 24.7 Å². The van der Waals surface area contributed by atoms with Gasteiger partial charge in [-0.25, -0.2) is 4.79 Å². The summed E-state index contributed by atoms with van der Waals surface area (Å²) in [4.78, 5) is 12.0. The van der Waals surface area contributed by atoms with Gasteiger partial charge in [-0.05, 0) is 54.4 Å². The second-order valence-electron chi connectivity index (χ2n) is 5.60. The average Bonchev–Trinajstić information content (AvgIpc) is 2.69. The maximum atomic E-state index is 12.0. The Hall–Kier alpha value is -2.50. The van der Waals surface area contributed by atoms with E-state index in [2.05, 4.69) is 0 Å². The molecule has 0 spiro atoms. The van der Waals surface area contributed by atoms with Crippen molar-refractivity contribution in [2.24, 2.45) is 0 Å². The van der Waals surface area contributed by atoms with Gasteiger partial charge in [0.15, 0.2) is 0 Å². The molecule has 5 nitrogen and oxygen atoms in total. The Bertz CT molecular complexity index is 784. The fourth-order valence-electron chi connectivity index (χ4n) is 2.47. The molecule has 0 unspecified atom stereocenters. The van der Waals surface area contributed by atoms with Crippen molar-refractivity contribution < 1.29 is 23.7 Å². The number of esters is 1. The molecule has 0 bridgehead atoms. The molecule has 6 heteroatoms. The van der Waals surface area contributed by atoms with Crippen LogP contribution in [0.2, 0.25) is 5.02 Å². The zero-order valence-electron chi connectivity index (χ0n) is 15.7. The number of hydrogen-bond donors (Lipinski definition) is 0. The Morgan fingerprint density at radius 1 is 1.00 bits per heavy atom. The van der Waals surface area contributed by atoms with E-state index in [-0.39, 0.29) is 6.61 Å². The van der Waals surface area contributed by atoms with E-state index in [9.17, 15) is 4.79 Å². The Labute approximate surface area is 164 Å². The van der Waals surface area contributed by atoms with Crippen LogP contribution in [-0.4, -0.2) is 33.4 Å². The molecule has 0 N–H and O–H groups in total. The first kappa shape index (κ1) is 20.8. The number of methoxy groups -OCH3 is 2. The van der Waals surface area contributed by atoms with E-state index < -0.39 is 5.97 Å². The van der Waals surface area contributed by atoms with Gasteiger partial charge in [0.2, 0.25) is 0 Å². The summed E-state index contributed by atoms with van der Waals surface area (Å²) < 4.78 is 21.2. The quantitative estimate of drug-likeness (QED) is 0.358. The highest BCUT2D eigenvalue weighted by Gasteiger charge is 2.16. The van der Waals surface area contributed by atoms with Crippen LogP contribution in [-0.2, 0) is 20.9 Å². The van der Waals surface area contributed by atoms with Crippen LogP contribution in [0, 0.1) is 0 Å². The summed E-state index contributed by atoms with van der Waals surface area (Å²) in [5, 5.41) is 0.569. The number of rotatable bonds is 9. The lowest BCUT2D eigenvalue weighted by Crippen LogP contribution is -2.08. The van der Waals surface area contributed by atoms with Gasteiger partial charge in [-0.15, -0.1) is 0 Å². The van der Waals surface area contributed by atoms with E-state index in [1.54, 1.807) is 38.3 Å². The maximum absolute atomic E-state index is 12.0. The second-order valence-corrected chi connectivity index (χ2v) is 6.03. The fraction of sp³-hybridized carbons (Fsp3) is 0.286. The van der Waals surface area contributed by atoms with Crippen LogP contribution in [0.5, 0.6) is 11.5 Å². The predicted molar refractivity (Wildman–Crippen MR) is 105 cm³/mol. The van der Waals surface area contributed by atoms with Gasteiger partial charge >= 0.3 is 5.97 Å². The Kier molecular flexibility index (Phi) is 8.17. The van der Waals surface area contributed by atoms with E-state index in [0.29, 0.717) is 29.6 Å². The Morgan fingerprint density at radius 3 is 2.26 bits per heavy atom. The minimum absolute atomic E-state index is 0.258. The number of carbonyl (C=O) groups is 1. The van der Waals surface area contributed by atoms with Crippen LogP contribution < -0.4 is 9.47 Å². The molecule has 0 radical (unpaired) electrons. The second kappa shape index (κ2) is 10.6. The molecule has 0 saturated carbocycles. The van der Waals surface area contributed by atoms with Crippen molar-refractivity contribution in [1.82, 2.24) is 0 Å². The first-order valence-electron chi connectivity index (χ1n) is 8.47. The van der Waals surface area contributed by atoms with E-state index in [4.69, 9.17) is 30.5 Å². The molecule has 0 saturated heterocycles. The summed E-state index contributed by atoms with van der Waals surface area (Å²) in [6.45, 7) is 3.06. The standard InChI is InChI=1S/C21H23ClO5/c1-4-19(21(23)25-3)20-10-5-16(22)13-15(20)14-27-18-8-6-17(7-9-18)26-12-11-24-2/h4-10,13H,11-12,14H2,1-3H3. The summed E-state index contributed by atoms with van der Waals surface area (Å²) in [5.74, 6) is 1.02. The lowest BCUT2D eigenvalue weighted by molar-refractivity contribution is -0.133. The molecule has 0 aliphatic carbocycles. The first-order chi connectivity index (χ1) is 13.1. The highest BCUT2D eigenvalue weighted by Crippen LogP contribution is 2.26. The number of allylic oxidation sites excluding steroid dienone is 1. The van der Waals surface area contributed by atoms with E-state index >= 15 is 0 Å². The van der Waals surface area contributed by atoms with Crippen molar-refractivity contribution in [3.63, 3.8) is 0 Å². The van der Waals surface area contributed by atoms with Crippen molar-refractivity contribution >= 4 is 23.1 Å². The lowest BCUT2D eigenvalue weighted by Gasteiger charge is -2.14. The van der Waals surface area contributed by atoms with Crippen molar-refractivity contribution in [3.8, 4) is 11.5 Å². The third kappa shape index (κ3) is 6.01. The van der Waals surface area contributed by atoms with Crippen LogP contribution in [0.3, 0.4) is 0 Å². The summed E-state index contributed by atoms with van der Waals surface area (Å²) in [6.07, 6.45) is 1.71. The van der Waals surface area contributed by atoms with Crippen molar-refractivity contribution in [2.75, 3.05) is 27.4 Å². The molecule has 2 rings (SSSR count). The molecule has 0 fully saturated rings. The Balaban J connectivity index is 2.11. The van der Waals surface area contributed by atoms with E-state index in [1.807, 2.05) is 24.3 Å². The minimum Gasteiger partial charge on any atom is -0.491 e. The molecule has 0 amide bonds. The van der Waals surface area contributed by atoms with Gasteiger partial charge in [0, 0.05) is 12.1 Å². The lowest BCUT2D eigenvalue weighted by atomic mass is 10.00. The number of ether oxygens (including phenoxy) is 4. The van der Waals surface area contributed by atoms with Gasteiger partial charge in [-0.1, -0.05) is 23.7 Å². The van der Waals surface area contributed by atoms with Crippen LogP contribution >= 0.6 is 11.6 Å². The van der Waals surface area contributed by atoms with Gasteiger partial charge in [0.25, 0.3) is 0 Å². The largest absolute Gasteiger partial charge is 0.491 e. The molecular formula is C21H23ClO5. The molecule has 27 heavy (non-hydrogen) atoms. The molecule has 0 heterocycles. The van der Waals surface area contributed by atoms with Crippen molar-refractivity contribution in [1.29, 1.82) is 0 Å². The molecule has 144 valence electrons. The smallest absolute Gasteiger partial charge is 0.338 e. The molecule has 0 atom stereocenters. The summed E-state index contributed by atoms with van der Waals surface area (Å²) >= 11 is 6.12. The number of benzene rings is 2. The molecule has 2 aromatic rings. The summed E-state index contributed by atoms with van der Waals surface area (Å²) in [6, 6.07) is 12.6. The number of halogens is 1. The molecule has 0 aromatic heterocycles. The van der Waals surface area contributed by atoms with Crippen LogP contribution in [0.1, 0.15) is 18.1 Å². The van der Waals surface area contributed by atoms with Crippen LogP contribution in [0.4, 0.5) is 0 Å². The Morgan fingerprint density at radius 2 is 1.67 bits per heavy atom. The fourth-order valence-corrected chi connectivity index (χ4v) is 2.67. The molecule has 2 aromatic carbocycles. The molecular weight excluding hydrogens is 368 g/mol. The third-order valence-corrected chi connectivity index (χ3v) is 4.06. The minimum atomic E-state index is -0.404. The third-order valence-electron chi connectivity index (χ3n) is 3.83. The normalized spacial score (nSPS) is 11.2. The number of carbonyl (C=O) groups excluding carboxylic acids is 1. The van der Waals surface area contributed by atoms with Crippen LogP contribution in [0.15, 0.2) is 48.5 Å². The van der Waals surface area contributed by atoms with Crippen molar-refractivity contribution in [3.05, 3.63) is 64.7 Å². The number of hydrogen-bond acceptors (Lipinski definition) is 5. The van der Waals surface area contributed by atoms with Crippen molar-refractivity contribution in [2.45, 2.75) is 13.5 Å². The zero-order valence-corrected chi connectivity index (χ0v) is 16.4. The van der Waals surface area contributed by atoms with Crippen LogP contribution in [0.25, 0.3) is 5.57 Å². The van der Waals surface area contributed by atoms with Gasteiger partial charge in [0.05, 0.1) is 19.3 Å². The molecule has 0 aliphatic heterocycles. The SMILES string of the molecule is CC=C(C(=O)OC)c1ccc(Cl)cc1COc1ccc(OCCOC)cc1. The molecule has 0 aliphatic rings. The van der Waals surface area contributed by atoms with E-state index in [1.165, 1.54) is 7.11 Å². The van der Waals surface area contributed by atoms with Gasteiger partial charge in [-0.2, -0.15) is 0 Å². The monoisotopic (exact) mass is 390 g/mol. The van der Waals surface area contributed by atoms with Gasteiger partial charge < -0.3 is 18.9 Å². The zero-order chi connectivity index (χ0) is 19.6. The maximum Gasteiger partial charge on any atom is 0.338 e.